The van der Waals surface area contributed by atoms with E-state index in [0.717, 1.165) is 41.9 Å². The van der Waals surface area contributed by atoms with E-state index in [9.17, 15) is 4.79 Å². The molecule has 0 amide bonds. The summed E-state index contributed by atoms with van der Waals surface area (Å²) in [6.07, 6.45) is 2.83. The van der Waals surface area contributed by atoms with Gasteiger partial charge in [0.05, 0.1) is 5.69 Å². The first kappa shape index (κ1) is 12.2. The molecule has 2 aromatic rings. The van der Waals surface area contributed by atoms with E-state index in [1.165, 1.54) is 16.7 Å². The van der Waals surface area contributed by atoms with Gasteiger partial charge in [-0.15, -0.1) is 0 Å². The number of H-pyrrole nitrogens is 1. The van der Waals surface area contributed by atoms with E-state index < -0.39 is 0 Å². The van der Waals surface area contributed by atoms with E-state index in [4.69, 9.17) is 0 Å². The Balaban J connectivity index is 2.24. The average molecular weight is 254 g/mol. The summed E-state index contributed by atoms with van der Waals surface area (Å²) >= 11 is 0. The van der Waals surface area contributed by atoms with Crippen molar-refractivity contribution in [2.75, 3.05) is 0 Å². The molecule has 1 aromatic heterocycles. The Labute approximate surface area is 112 Å². The molecule has 0 saturated carbocycles. The van der Waals surface area contributed by atoms with Crippen LogP contribution >= 0.6 is 0 Å². The van der Waals surface area contributed by atoms with Gasteiger partial charge in [-0.05, 0) is 51.2 Å². The molecule has 1 aromatic carbocycles. The molecule has 1 heterocycles. The highest BCUT2D eigenvalue weighted by atomic mass is 16.1. The van der Waals surface area contributed by atoms with Crippen molar-refractivity contribution in [2.24, 2.45) is 0 Å². The van der Waals surface area contributed by atoms with Crippen molar-refractivity contribution in [1.82, 2.24) is 9.97 Å². The molecule has 0 aliphatic heterocycles. The number of hydrogen-bond donors (Lipinski definition) is 1. The maximum absolute atomic E-state index is 12.1. The molecule has 19 heavy (non-hydrogen) atoms. The highest BCUT2D eigenvalue weighted by molar-refractivity contribution is 5.65. The van der Waals surface area contributed by atoms with E-state index in [1.807, 2.05) is 0 Å². The van der Waals surface area contributed by atoms with Gasteiger partial charge >= 0.3 is 0 Å². The van der Waals surface area contributed by atoms with Crippen LogP contribution in [0.15, 0.2) is 16.9 Å². The van der Waals surface area contributed by atoms with E-state index in [1.54, 1.807) is 0 Å². The van der Waals surface area contributed by atoms with Crippen molar-refractivity contribution in [1.29, 1.82) is 0 Å². The maximum atomic E-state index is 12.1. The zero-order valence-corrected chi connectivity index (χ0v) is 11.6. The zero-order valence-electron chi connectivity index (χ0n) is 11.6. The molecular formula is C16H18N2O. The zero-order chi connectivity index (χ0) is 13.6. The molecule has 1 aliphatic carbocycles. The lowest BCUT2D eigenvalue weighted by atomic mass is 9.99. The SMILES string of the molecule is Cc1cc(C)c(-c2nc3c(c(=O)[nH]2)CCC3)c(C)c1. The largest absolute Gasteiger partial charge is 0.306 e. The predicted molar refractivity (Wildman–Crippen MR) is 76.5 cm³/mol. The summed E-state index contributed by atoms with van der Waals surface area (Å²) in [5.74, 6) is 0.723. The predicted octanol–water partition coefficient (Wildman–Crippen LogP) is 2.85. The number of benzene rings is 1. The number of nitrogens with one attached hydrogen (secondary N) is 1. The van der Waals surface area contributed by atoms with Crippen LogP contribution < -0.4 is 5.56 Å². The first-order valence-corrected chi connectivity index (χ1v) is 6.76. The quantitative estimate of drug-likeness (QED) is 0.850. The van der Waals surface area contributed by atoms with Crippen molar-refractivity contribution in [3.05, 3.63) is 50.4 Å². The number of hydrogen-bond acceptors (Lipinski definition) is 2. The van der Waals surface area contributed by atoms with Crippen LogP contribution in [0.3, 0.4) is 0 Å². The number of rotatable bonds is 1. The molecule has 0 fully saturated rings. The minimum Gasteiger partial charge on any atom is -0.306 e. The summed E-state index contributed by atoms with van der Waals surface area (Å²) < 4.78 is 0. The van der Waals surface area contributed by atoms with Crippen molar-refractivity contribution < 1.29 is 0 Å². The molecule has 3 nitrogen and oxygen atoms in total. The summed E-state index contributed by atoms with van der Waals surface area (Å²) in [5.41, 5.74) is 6.54. The molecule has 0 spiro atoms. The third kappa shape index (κ3) is 1.99. The molecule has 0 unspecified atom stereocenters. The second-order valence-corrected chi connectivity index (χ2v) is 5.47. The van der Waals surface area contributed by atoms with Crippen LogP contribution in [0.2, 0.25) is 0 Å². The Morgan fingerprint density at radius 1 is 1.11 bits per heavy atom. The molecule has 3 heteroatoms. The van der Waals surface area contributed by atoms with E-state index in [2.05, 4.69) is 42.9 Å². The lowest BCUT2D eigenvalue weighted by molar-refractivity contribution is 0.899. The van der Waals surface area contributed by atoms with E-state index >= 15 is 0 Å². The minimum absolute atomic E-state index is 0.0388. The van der Waals surface area contributed by atoms with Crippen LogP contribution in [0.1, 0.15) is 34.4 Å². The molecule has 0 atom stereocenters. The Kier molecular flexibility index (Phi) is 2.77. The maximum Gasteiger partial charge on any atom is 0.254 e. The third-order valence-electron chi connectivity index (χ3n) is 3.86. The Morgan fingerprint density at radius 2 is 1.79 bits per heavy atom. The Bertz CT molecular complexity index is 690. The molecule has 0 radical (unpaired) electrons. The van der Waals surface area contributed by atoms with Crippen molar-refractivity contribution >= 4 is 0 Å². The van der Waals surface area contributed by atoms with Crippen molar-refractivity contribution in [3.8, 4) is 11.4 Å². The second kappa shape index (κ2) is 4.34. The van der Waals surface area contributed by atoms with Gasteiger partial charge in [0.15, 0.2) is 0 Å². The van der Waals surface area contributed by atoms with Gasteiger partial charge in [-0.2, -0.15) is 0 Å². The standard InChI is InChI=1S/C16H18N2O/c1-9-7-10(2)14(11(3)8-9)15-17-13-6-4-5-12(13)16(19)18-15/h7-8H,4-6H2,1-3H3,(H,17,18,19). The van der Waals surface area contributed by atoms with Crippen molar-refractivity contribution in [2.45, 2.75) is 40.0 Å². The highest BCUT2D eigenvalue weighted by Gasteiger charge is 2.19. The molecule has 98 valence electrons. The highest BCUT2D eigenvalue weighted by Crippen LogP contribution is 2.26. The summed E-state index contributed by atoms with van der Waals surface area (Å²) in [7, 11) is 0. The van der Waals surface area contributed by atoms with Gasteiger partial charge in [0.25, 0.3) is 5.56 Å². The van der Waals surface area contributed by atoms with Crippen LogP contribution in [0.4, 0.5) is 0 Å². The topological polar surface area (TPSA) is 45.8 Å². The lowest BCUT2D eigenvalue weighted by Gasteiger charge is -2.11. The summed E-state index contributed by atoms with van der Waals surface area (Å²) in [5, 5.41) is 0. The molecular weight excluding hydrogens is 236 g/mol. The van der Waals surface area contributed by atoms with Crippen molar-refractivity contribution in [3.63, 3.8) is 0 Å². The monoisotopic (exact) mass is 254 g/mol. The van der Waals surface area contributed by atoms with Gasteiger partial charge in [0.2, 0.25) is 0 Å². The molecule has 1 N–H and O–H groups in total. The number of aryl methyl sites for hydroxylation is 4. The molecule has 0 saturated heterocycles. The van der Waals surface area contributed by atoms with Gasteiger partial charge in [-0.3, -0.25) is 4.79 Å². The van der Waals surface area contributed by atoms with Gasteiger partial charge in [0, 0.05) is 11.1 Å². The van der Waals surface area contributed by atoms with Gasteiger partial charge < -0.3 is 4.98 Å². The normalized spacial score (nSPS) is 13.6. The van der Waals surface area contributed by atoms with E-state index in [0.29, 0.717) is 0 Å². The van der Waals surface area contributed by atoms with Crippen LogP contribution in [0.5, 0.6) is 0 Å². The molecule has 1 aliphatic rings. The minimum atomic E-state index is 0.0388. The summed E-state index contributed by atoms with van der Waals surface area (Å²) in [6, 6.07) is 4.27. The fourth-order valence-corrected chi connectivity index (χ4v) is 3.11. The fourth-order valence-electron chi connectivity index (χ4n) is 3.11. The lowest BCUT2D eigenvalue weighted by Crippen LogP contribution is -2.15. The van der Waals surface area contributed by atoms with Gasteiger partial charge in [-0.25, -0.2) is 4.98 Å². The number of aromatic amines is 1. The molecule has 3 rings (SSSR count). The first-order valence-electron chi connectivity index (χ1n) is 6.76. The molecule has 0 bridgehead atoms. The van der Waals surface area contributed by atoms with Crippen LogP contribution in [0, 0.1) is 20.8 Å². The smallest absolute Gasteiger partial charge is 0.254 e. The van der Waals surface area contributed by atoms with Crippen LogP contribution in [-0.2, 0) is 12.8 Å². The Morgan fingerprint density at radius 3 is 2.47 bits per heavy atom. The second-order valence-electron chi connectivity index (χ2n) is 5.47. The number of fused-ring (bicyclic) bond motifs is 1. The average Bonchev–Trinajstić information content (AvgIpc) is 2.76. The van der Waals surface area contributed by atoms with Crippen LogP contribution in [0.25, 0.3) is 11.4 Å². The van der Waals surface area contributed by atoms with Gasteiger partial charge in [0.1, 0.15) is 5.82 Å². The van der Waals surface area contributed by atoms with Crippen LogP contribution in [-0.4, -0.2) is 9.97 Å². The number of nitrogens with zero attached hydrogens (tertiary/aromatic N) is 1. The summed E-state index contributed by atoms with van der Waals surface area (Å²) in [6.45, 7) is 6.23. The fraction of sp³-hybridized carbons (Fsp3) is 0.375. The summed E-state index contributed by atoms with van der Waals surface area (Å²) in [4.78, 5) is 19.7. The van der Waals surface area contributed by atoms with E-state index in [-0.39, 0.29) is 5.56 Å². The first-order chi connectivity index (χ1) is 9.06. The number of aromatic nitrogens is 2. The van der Waals surface area contributed by atoms with Gasteiger partial charge in [-0.1, -0.05) is 17.7 Å². The Hall–Kier alpha value is -1.90. The third-order valence-corrected chi connectivity index (χ3v) is 3.86.